The lowest BCUT2D eigenvalue weighted by Gasteiger charge is -2.16. The molecule has 0 radical (unpaired) electrons. The third-order valence-corrected chi connectivity index (χ3v) is 5.52. The maximum atomic E-state index is 14.1. The molecule has 146 valence electrons. The van der Waals surface area contributed by atoms with Gasteiger partial charge in [-0.1, -0.05) is 45.2 Å². The molecule has 0 aromatic heterocycles. The van der Waals surface area contributed by atoms with E-state index in [-0.39, 0.29) is 22.6 Å². The van der Waals surface area contributed by atoms with E-state index < -0.39 is 11.1 Å². The highest BCUT2D eigenvalue weighted by Crippen LogP contribution is 2.36. The first-order valence-corrected chi connectivity index (χ1v) is 10.3. The molecular formula is C19H27ClFNO3S. The molecule has 1 aromatic carbocycles. The Morgan fingerprint density at radius 1 is 1.23 bits per heavy atom. The molecule has 1 N–H and O–H groups in total. The van der Waals surface area contributed by atoms with Crippen LogP contribution in [0.5, 0.6) is 0 Å². The van der Waals surface area contributed by atoms with Crippen molar-refractivity contribution in [2.24, 2.45) is 0 Å². The first-order valence-electron chi connectivity index (χ1n) is 9.05. The third kappa shape index (κ3) is 7.54. The minimum absolute atomic E-state index is 0.0761. The van der Waals surface area contributed by atoms with Crippen molar-refractivity contribution in [3.63, 3.8) is 0 Å². The Morgan fingerprint density at radius 3 is 2.54 bits per heavy atom. The second-order valence-corrected chi connectivity index (χ2v) is 7.60. The Morgan fingerprint density at radius 2 is 1.92 bits per heavy atom. The van der Waals surface area contributed by atoms with Crippen LogP contribution < -0.4 is 5.32 Å². The summed E-state index contributed by atoms with van der Waals surface area (Å²) in [6, 6.07) is 2.64. The zero-order chi connectivity index (χ0) is 19.5. The molecule has 1 atom stereocenters. The second-order valence-electron chi connectivity index (χ2n) is 5.95. The zero-order valence-corrected chi connectivity index (χ0v) is 17.1. The summed E-state index contributed by atoms with van der Waals surface area (Å²) in [5.74, 6) is -1.14. The molecule has 0 bridgehead atoms. The summed E-state index contributed by atoms with van der Waals surface area (Å²) < 4.78 is 19.4. The fourth-order valence-electron chi connectivity index (χ4n) is 2.13. The molecule has 0 spiro atoms. The van der Waals surface area contributed by atoms with E-state index in [1.807, 2.05) is 20.8 Å². The summed E-state index contributed by atoms with van der Waals surface area (Å²) in [5, 5.41) is 2.35. The summed E-state index contributed by atoms with van der Waals surface area (Å²) >= 11 is 7.35. The lowest BCUT2D eigenvalue weighted by atomic mass is 10.2. The number of rotatable bonds is 11. The minimum Gasteiger partial charge on any atom is -0.465 e. The SMILES string of the molecule is CCCCOC(=O)C(CC)Sc1cc(NC(=O)CCCC)c(F)cc1Cl. The number of benzene rings is 1. The van der Waals surface area contributed by atoms with Crippen LogP contribution in [0.4, 0.5) is 10.1 Å². The van der Waals surface area contributed by atoms with Crippen molar-refractivity contribution >= 4 is 40.9 Å². The van der Waals surface area contributed by atoms with Gasteiger partial charge in [0.15, 0.2) is 0 Å². The molecule has 0 saturated heterocycles. The average Bonchev–Trinajstić information content (AvgIpc) is 2.61. The number of thioether (sulfide) groups is 1. The molecule has 1 unspecified atom stereocenters. The van der Waals surface area contributed by atoms with Crippen molar-refractivity contribution in [3.8, 4) is 0 Å². The van der Waals surface area contributed by atoms with Gasteiger partial charge >= 0.3 is 5.97 Å². The van der Waals surface area contributed by atoms with Crippen molar-refractivity contribution < 1.29 is 18.7 Å². The molecule has 0 heterocycles. The highest BCUT2D eigenvalue weighted by molar-refractivity contribution is 8.00. The average molecular weight is 404 g/mol. The van der Waals surface area contributed by atoms with Crippen LogP contribution in [-0.4, -0.2) is 23.7 Å². The van der Waals surface area contributed by atoms with Gasteiger partial charge < -0.3 is 10.1 Å². The van der Waals surface area contributed by atoms with E-state index in [1.54, 1.807) is 0 Å². The van der Waals surface area contributed by atoms with Crippen LogP contribution in [0.25, 0.3) is 0 Å². The third-order valence-electron chi connectivity index (χ3n) is 3.70. The number of anilines is 1. The number of hydrogen-bond donors (Lipinski definition) is 1. The molecular weight excluding hydrogens is 377 g/mol. The Labute approximate surface area is 164 Å². The van der Waals surface area contributed by atoms with Gasteiger partial charge in [-0.2, -0.15) is 0 Å². The number of carbonyl (C=O) groups is 2. The van der Waals surface area contributed by atoms with E-state index in [0.717, 1.165) is 31.7 Å². The molecule has 0 aliphatic rings. The van der Waals surface area contributed by atoms with Gasteiger partial charge in [0, 0.05) is 11.3 Å². The van der Waals surface area contributed by atoms with Crippen LogP contribution in [0.2, 0.25) is 5.02 Å². The summed E-state index contributed by atoms with van der Waals surface area (Å²) in [7, 11) is 0. The maximum absolute atomic E-state index is 14.1. The van der Waals surface area contributed by atoms with Gasteiger partial charge in [0.2, 0.25) is 5.91 Å². The molecule has 1 rings (SSSR count). The monoisotopic (exact) mass is 403 g/mol. The van der Waals surface area contributed by atoms with E-state index >= 15 is 0 Å². The number of halogens is 2. The normalized spacial score (nSPS) is 11.9. The van der Waals surface area contributed by atoms with Crippen molar-refractivity contribution in [3.05, 3.63) is 23.0 Å². The lowest BCUT2D eigenvalue weighted by Crippen LogP contribution is -2.20. The number of nitrogens with one attached hydrogen (secondary N) is 1. The fraction of sp³-hybridized carbons (Fsp3) is 0.579. The number of esters is 1. The van der Waals surface area contributed by atoms with Crippen molar-refractivity contribution in [1.82, 2.24) is 0 Å². The largest absolute Gasteiger partial charge is 0.465 e. The summed E-state index contributed by atoms with van der Waals surface area (Å²) in [6.45, 7) is 6.27. The molecule has 0 aliphatic carbocycles. The van der Waals surface area contributed by atoms with E-state index in [1.165, 1.54) is 17.8 Å². The molecule has 0 saturated carbocycles. The molecule has 0 fully saturated rings. The number of amides is 1. The Kier molecular flexibility index (Phi) is 10.7. The van der Waals surface area contributed by atoms with Crippen LogP contribution in [0.1, 0.15) is 59.3 Å². The van der Waals surface area contributed by atoms with E-state index in [2.05, 4.69) is 5.32 Å². The van der Waals surface area contributed by atoms with Crippen LogP contribution >= 0.6 is 23.4 Å². The van der Waals surface area contributed by atoms with Gasteiger partial charge in [-0.3, -0.25) is 9.59 Å². The van der Waals surface area contributed by atoms with Crippen LogP contribution in [0, 0.1) is 5.82 Å². The van der Waals surface area contributed by atoms with Gasteiger partial charge in [-0.05, 0) is 31.4 Å². The van der Waals surface area contributed by atoms with Gasteiger partial charge in [0.25, 0.3) is 0 Å². The highest BCUT2D eigenvalue weighted by atomic mass is 35.5. The Bertz CT molecular complexity index is 613. The molecule has 4 nitrogen and oxygen atoms in total. The van der Waals surface area contributed by atoms with E-state index in [0.29, 0.717) is 24.3 Å². The lowest BCUT2D eigenvalue weighted by molar-refractivity contribution is -0.143. The van der Waals surface area contributed by atoms with E-state index in [4.69, 9.17) is 16.3 Å². The van der Waals surface area contributed by atoms with Crippen molar-refractivity contribution in [1.29, 1.82) is 0 Å². The first-order chi connectivity index (χ1) is 12.4. The number of carbonyl (C=O) groups excluding carboxylic acids is 2. The predicted molar refractivity (Wildman–Crippen MR) is 105 cm³/mol. The van der Waals surface area contributed by atoms with Crippen molar-refractivity contribution in [2.45, 2.75) is 69.4 Å². The van der Waals surface area contributed by atoms with Gasteiger partial charge in [0.05, 0.1) is 17.3 Å². The highest BCUT2D eigenvalue weighted by Gasteiger charge is 2.22. The number of hydrogen-bond acceptors (Lipinski definition) is 4. The molecule has 0 aliphatic heterocycles. The smallest absolute Gasteiger partial charge is 0.319 e. The topological polar surface area (TPSA) is 55.4 Å². The quantitative estimate of drug-likeness (QED) is 0.287. The van der Waals surface area contributed by atoms with Crippen LogP contribution in [0.3, 0.4) is 0 Å². The first kappa shape index (κ1) is 22.8. The van der Waals surface area contributed by atoms with Gasteiger partial charge in [-0.25, -0.2) is 4.39 Å². The van der Waals surface area contributed by atoms with Crippen LogP contribution in [0.15, 0.2) is 17.0 Å². The van der Waals surface area contributed by atoms with E-state index in [9.17, 15) is 14.0 Å². The zero-order valence-electron chi connectivity index (χ0n) is 15.6. The summed E-state index contributed by atoms with van der Waals surface area (Å²) in [4.78, 5) is 24.6. The Hall–Kier alpha value is -1.27. The van der Waals surface area contributed by atoms with Gasteiger partial charge in [-0.15, -0.1) is 11.8 Å². The molecule has 1 amide bonds. The predicted octanol–water partition coefficient (Wildman–Crippen LogP) is 5.82. The molecule has 1 aromatic rings. The summed E-state index contributed by atoms with van der Waals surface area (Å²) in [5.41, 5.74) is 0.0761. The Balaban J connectivity index is 2.85. The molecule has 26 heavy (non-hydrogen) atoms. The number of ether oxygens (including phenoxy) is 1. The van der Waals surface area contributed by atoms with Crippen molar-refractivity contribution in [2.75, 3.05) is 11.9 Å². The van der Waals surface area contributed by atoms with Crippen LogP contribution in [-0.2, 0) is 14.3 Å². The van der Waals surface area contributed by atoms with Gasteiger partial charge in [0.1, 0.15) is 11.1 Å². The summed E-state index contributed by atoms with van der Waals surface area (Å²) in [6.07, 6.45) is 4.28. The standard InChI is InChI=1S/C19H27ClFNO3S/c1-4-7-9-18(23)22-15-12-17(13(20)11-14(15)21)26-16(6-3)19(24)25-10-8-5-2/h11-12,16H,4-10H2,1-3H3,(H,22,23). The minimum atomic E-state index is -0.595. The second kappa shape index (κ2) is 12.2. The molecule has 7 heteroatoms. The maximum Gasteiger partial charge on any atom is 0.319 e. The number of unbranched alkanes of at least 4 members (excludes halogenated alkanes) is 2. The fourth-order valence-corrected chi connectivity index (χ4v) is 3.41.